The van der Waals surface area contributed by atoms with Crippen molar-refractivity contribution in [3.63, 3.8) is 0 Å². The molecule has 0 aliphatic carbocycles. The van der Waals surface area contributed by atoms with Crippen LogP contribution in [0.4, 0.5) is 0 Å². The molecule has 0 spiro atoms. The second-order valence-corrected chi connectivity index (χ2v) is 6.80. The molecule has 25 heavy (non-hydrogen) atoms. The van der Waals surface area contributed by atoms with Crippen LogP contribution in [0, 0.1) is 0 Å². The van der Waals surface area contributed by atoms with Crippen molar-refractivity contribution in [1.82, 2.24) is 0 Å². The zero-order valence-electron chi connectivity index (χ0n) is 13.9. The van der Waals surface area contributed by atoms with Crippen LogP contribution in [0.1, 0.15) is 18.1 Å². The van der Waals surface area contributed by atoms with Gasteiger partial charge in [-0.05, 0) is 51.2 Å². The van der Waals surface area contributed by atoms with Crippen molar-refractivity contribution in [3.8, 4) is 0 Å². The van der Waals surface area contributed by atoms with Crippen molar-refractivity contribution < 1.29 is 4.79 Å². The predicted octanol–water partition coefficient (Wildman–Crippen LogP) is 6.06. The van der Waals surface area contributed by atoms with Gasteiger partial charge in [0.25, 0.3) is 0 Å². The minimum absolute atomic E-state index is 0.375. The molecule has 0 saturated carbocycles. The van der Waals surface area contributed by atoms with E-state index in [-0.39, 0.29) is 5.24 Å². The Morgan fingerprint density at radius 1 is 0.680 bits per heavy atom. The van der Waals surface area contributed by atoms with E-state index in [2.05, 4.69) is 24.3 Å². The molecular weight excluding hydrogens is 328 g/mol. The van der Waals surface area contributed by atoms with Gasteiger partial charge in [0.05, 0.1) is 5.41 Å². The monoisotopic (exact) mass is 344 g/mol. The van der Waals surface area contributed by atoms with Gasteiger partial charge in [-0.25, -0.2) is 0 Å². The summed E-state index contributed by atoms with van der Waals surface area (Å²) < 4.78 is 0. The lowest BCUT2D eigenvalue weighted by Gasteiger charge is -2.29. The highest BCUT2D eigenvalue weighted by Gasteiger charge is 2.38. The SMILES string of the molecule is CC(C(=O)Cl)(c1cccc2ccccc12)c1cccc2ccccc12. The molecule has 4 aromatic rings. The van der Waals surface area contributed by atoms with Gasteiger partial charge < -0.3 is 0 Å². The third kappa shape index (κ3) is 2.43. The molecule has 0 atom stereocenters. The maximum absolute atomic E-state index is 12.7. The Hall–Kier alpha value is -2.64. The van der Waals surface area contributed by atoms with Crippen LogP contribution >= 0.6 is 11.6 Å². The van der Waals surface area contributed by atoms with Crippen LogP contribution in [0.15, 0.2) is 84.9 Å². The van der Waals surface area contributed by atoms with Gasteiger partial charge in [-0.2, -0.15) is 0 Å². The molecule has 0 aliphatic heterocycles. The number of benzene rings is 4. The minimum Gasteiger partial charge on any atom is -0.280 e. The topological polar surface area (TPSA) is 17.1 Å². The third-order valence-corrected chi connectivity index (χ3v) is 5.43. The highest BCUT2D eigenvalue weighted by molar-refractivity contribution is 6.66. The highest BCUT2D eigenvalue weighted by atomic mass is 35.5. The zero-order chi connectivity index (χ0) is 17.4. The van der Waals surface area contributed by atoms with E-state index in [1.807, 2.05) is 67.6 Å². The van der Waals surface area contributed by atoms with Crippen LogP contribution in [0.2, 0.25) is 0 Å². The fourth-order valence-electron chi connectivity index (χ4n) is 3.68. The molecule has 0 amide bonds. The first kappa shape index (κ1) is 15.9. The van der Waals surface area contributed by atoms with Crippen molar-refractivity contribution in [3.05, 3.63) is 96.1 Å². The second-order valence-electron chi connectivity index (χ2n) is 6.45. The predicted molar refractivity (Wildman–Crippen MR) is 105 cm³/mol. The number of carbonyl (C=O) groups is 1. The van der Waals surface area contributed by atoms with Crippen molar-refractivity contribution in [2.24, 2.45) is 0 Å². The van der Waals surface area contributed by atoms with E-state index in [4.69, 9.17) is 11.6 Å². The smallest absolute Gasteiger partial charge is 0.236 e. The minimum atomic E-state index is -0.927. The molecule has 0 radical (unpaired) electrons. The molecule has 0 heterocycles. The molecule has 4 rings (SSSR count). The molecule has 4 aromatic carbocycles. The van der Waals surface area contributed by atoms with Crippen LogP contribution in [-0.4, -0.2) is 5.24 Å². The van der Waals surface area contributed by atoms with Crippen LogP contribution in [0.5, 0.6) is 0 Å². The fourth-order valence-corrected chi connectivity index (χ4v) is 3.88. The van der Waals surface area contributed by atoms with E-state index in [0.29, 0.717) is 0 Å². The molecule has 0 fully saturated rings. The second kappa shape index (κ2) is 6.02. The van der Waals surface area contributed by atoms with Crippen LogP contribution in [0.3, 0.4) is 0 Å². The Balaban J connectivity index is 2.11. The van der Waals surface area contributed by atoms with E-state index in [0.717, 1.165) is 32.7 Å². The average molecular weight is 345 g/mol. The van der Waals surface area contributed by atoms with Crippen LogP contribution in [-0.2, 0) is 10.2 Å². The Morgan fingerprint density at radius 2 is 1.08 bits per heavy atom. The Morgan fingerprint density at radius 3 is 1.52 bits per heavy atom. The van der Waals surface area contributed by atoms with E-state index in [9.17, 15) is 4.79 Å². The maximum Gasteiger partial charge on any atom is 0.236 e. The van der Waals surface area contributed by atoms with Gasteiger partial charge in [0.15, 0.2) is 0 Å². The number of hydrogen-bond acceptors (Lipinski definition) is 1. The van der Waals surface area contributed by atoms with Gasteiger partial charge in [0, 0.05) is 0 Å². The molecule has 1 nitrogen and oxygen atoms in total. The average Bonchev–Trinajstić information content (AvgIpc) is 2.66. The molecule has 0 unspecified atom stereocenters. The first-order valence-corrected chi connectivity index (χ1v) is 8.66. The number of hydrogen-bond donors (Lipinski definition) is 0. The van der Waals surface area contributed by atoms with Gasteiger partial charge in [-0.1, -0.05) is 84.9 Å². The van der Waals surface area contributed by atoms with Crippen molar-refractivity contribution >= 4 is 38.4 Å². The lowest BCUT2D eigenvalue weighted by molar-refractivity contribution is -0.114. The Labute approximate surface area is 151 Å². The molecule has 0 bridgehead atoms. The molecule has 0 aliphatic rings. The lowest BCUT2D eigenvalue weighted by Crippen LogP contribution is -2.31. The summed E-state index contributed by atoms with van der Waals surface area (Å²) in [5.74, 6) is 0. The summed E-state index contributed by atoms with van der Waals surface area (Å²) in [5, 5.41) is 3.93. The summed E-state index contributed by atoms with van der Waals surface area (Å²) in [4.78, 5) is 12.7. The summed E-state index contributed by atoms with van der Waals surface area (Å²) in [6.07, 6.45) is 0. The Kier molecular flexibility index (Phi) is 3.82. The summed E-state index contributed by atoms with van der Waals surface area (Å²) in [7, 11) is 0. The fraction of sp³-hybridized carbons (Fsp3) is 0.0870. The normalized spacial score (nSPS) is 11.8. The van der Waals surface area contributed by atoms with Gasteiger partial charge in [0.2, 0.25) is 5.24 Å². The molecule has 0 N–H and O–H groups in total. The van der Waals surface area contributed by atoms with Crippen molar-refractivity contribution in [1.29, 1.82) is 0 Å². The van der Waals surface area contributed by atoms with Crippen molar-refractivity contribution in [2.75, 3.05) is 0 Å². The van der Waals surface area contributed by atoms with Gasteiger partial charge >= 0.3 is 0 Å². The van der Waals surface area contributed by atoms with E-state index in [1.165, 1.54) is 0 Å². The summed E-state index contributed by atoms with van der Waals surface area (Å²) in [6, 6.07) is 28.3. The molecule has 0 aromatic heterocycles. The van der Waals surface area contributed by atoms with Crippen molar-refractivity contribution in [2.45, 2.75) is 12.3 Å². The van der Waals surface area contributed by atoms with E-state index in [1.54, 1.807) is 0 Å². The molecular formula is C23H17ClO. The molecule has 122 valence electrons. The maximum atomic E-state index is 12.7. The number of fused-ring (bicyclic) bond motifs is 2. The summed E-state index contributed by atoms with van der Waals surface area (Å²) in [6.45, 7) is 1.92. The van der Waals surface area contributed by atoms with Crippen LogP contribution < -0.4 is 0 Å². The van der Waals surface area contributed by atoms with E-state index >= 15 is 0 Å². The summed E-state index contributed by atoms with van der Waals surface area (Å²) >= 11 is 6.22. The highest BCUT2D eigenvalue weighted by Crippen LogP contribution is 2.41. The number of halogens is 1. The van der Waals surface area contributed by atoms with Gasteiger partial charge in [0.1, 0.15) is 0 Å². The Bertz CT molecular complexity index is 1010. The van der Waals surface area contributed by atoms with Gasteiger partial charge in [-0.15, -0.1) is 0 Å². The standard InChI is InChI=1S/C23H17ClO/c1-23(22(24)25,20-14-6-10-16-8-2-4-12-18(16)20)21-15-7-11-17-9-3-5-13-19(17)21/h2-15H,1H3. The van der Waals surface area contributed by atoms with E-state index < -0.39 is 5.41 Å². The largest absolute Gasteiger partial charge is 0.280 e. The van der Waals surface area contributed by atoms with Crippen LogP contribution in [0.25, 0.3) is 21.5 Å². The first-order valence-electron chi connectivity index (χ1n) is 8.29. The van der Waals surface area contributed by atoms with Gasteiger partial charge in [-0.3, -0.25) is 4.79 Å². The first-order chi connectivity index (χ1) is 12.1. The molecule has 0 saturated heterocycles. The third-order valence-electron chi connectivity index (χ3n) is 5.05. The molecule has 2 heteroatoms. The number of carbonyl (C=O) groups excluding carboxylic acids is 1. The quantitative estimate of drug-likeness (QED) is 0.412. The summed E-state index contributed by atoms with van der Waals surface area (Å²) in [5.41, 5.74) is 0.937. The lowest BCUT2D eigenvalue weighted by atomic mass is 9.74. The number of rotatable bonds is 3. The zero-order valence-corrected chi connectivity index (χ0v) is 14.6.